The first-order chi connectivity index (χ1) is 13.8. The van der Waals surface area contributed by atoms with Crippen molar-refractivity contribution in [1.82, 2.24) is 0 Å². The predicted molar refractivity (Wildman–Crippen MR) is 116 cm³/mol. The molecule has 0 atom stereocenters. The van der Waals surface area contributed by atoms with Gasteiger partial charge in [-0.05, 0) is 36.4 Å². The summed E-state index contributed by atoms with van der Waals surface area (Å²) in [7, 11) is 0. The first-order valence-corrected chi connectivity index (χ1v) is 9.94. The molecule has 0 aromatic heterocycles. The van der Waals surface area contributed by atoms with Crippen LogP contribution in [0.1, 0.15) is 5.56 Å². The third-order valence-corrected chi connectivity index (χ3v) is 5.52. The summed E-state index contributed by atoms with van der Waals surface area (Å²) in [5.41, 5.74) is 0.826. The molecule has 1 N–H and O–H groups in total. The van der Waals surface area contributed by atoms with Crippen LogP contribution in [0, 0.1) is 10.1 Å². The molecule has 1 saturated heterocycles. The van der Waals surface area contributed by atoms with Crippen LogP contribution in [0.5, 0.6) is 5.75 Å². The maximum Gasteiger partial charge on any atom is 0.341 e. The Morgan fingerprint density at radius 1 is 1.31 bits per heavy atom. The van der Waals surface area contributed by atoms with Crippen LogP contribution in [0.4, 0.5) is 11.4 Å². The van der Waals surface area contributed by atoms with Gasteiger partial charge in [0, 0.05) is 22.2 Å². The van der Waals surface area contributed by atoms with Crippen molar-refractivity contribution in [3.8, 4) is 5.75 Å². The summed E-state index contributed by atoms with van der Waals surface area (Å²) >= 11 is 9.70. The summed E-state index contributed by atoms with van der Waals surface area (Å²) in [5, 5.41) is 19.6. The average molecular weight is 495 g/mol. The number of carboxylic acids is 1. The fraction of sp³-hybridized carbons (Fsp3) is 0.0556. The van der Waals surface area contributed by atoms with Gasteiger partial charge in [-0.1, -0.05) is 39.9 Å². The number of carbonyl (C=O) groups is 2. The first-order valence-electron chi connectivity index (χ1n) is 7.93. The monoisotopic (exact) mass is 494 g/mol. The fourth-order valence-electron chi connectivity index (χ4n) is 2.46. The molecule has 0 spiro atoms. The minimum absolute atomic E-state index is 0.0934. The van der Waals surface area contributed by atoms with Crippen molar-refractivity contribution >= 4 is 73.6 Å². The van der Waals surface area contributed by atoms with Gasteiger partial charge in [-0.2, -0.15) is 0 Å². The Hall–Kier alpha value is -2.76. The summed E-state index contributed by atoms with van der Waals surface area (Å²) in [6, 6.07) is 10.5. The quantitative estimate of drug-likeness (QED) is 0.275. The molecular formula is C18H11BrN2O6S2. The van der Waals surface area contributed by atoms with Gasteiger partial charge in [0.05, 0.1) is 15.5 Å². The lowest BCUT2D eigenvalue weighted by atomic mass is 10.2. The smallest absolute Gasteiger partial charge is 0.341 e. The molecule has 1 aliphatic heterocycles. The number of nitro benzene ring substituents is 1. The molecule has 0 unspecified atom stereocenters. The number of thioether (sulfide) groups is 1. The van der Waals surface area contributed by atoms with Crippen molar-refractivity contribution in [3.63, 3.8) is 0 Å². The van der Waals surface area contributed by atoms with E-state index >= 15 is 0 Å². The van der Waals surface area contributed by atoms with Gasteiger partial charge >= 0.3 is 5.97 Å². The summed E-state index contributed by atoms with van der Waals surface area (Å²) in [4.78, 5) is 35.5. The number of hydrogen-bond donors (Lipinski definition) is 1. The summed E-state index contributed by atoms with van der Waals surface area (Å²) in [6.45, 7) is -0.522. The van der Waals surface area contributed by atoms with E-state index in [1.807, 2.05) is 0 Å². The van der Waals surface area contributed by atoms with E-state index in [0.29, 0.717) is 21.9 Å². The van der Waals surface area contributed by atoms with Gasteiger partial charge in [-0.15, -0.1) is 0 Å². The van der Waals surface area contributed by atoms with E-state index in [1.165, 1.54) is 29.2 Å². The summed E-state index contributed by atoms with van der Waals surface area (Å²) < 4.78 is 6.27. The van der Waals surface area contributed by atoms with Gasteiger partial charge in [0.15, 0.2) is 10.9 Å². The van der Waals surface area contributed by atoms with Crippen molar-refractivity contribution in [3.05, 3.63) is 67.5 Å². The molecule has 0 bridgehead atoms. The van der Waals surface area contributed by atoms with Crippen LogP contribution in [-0.2, 0) is 9.59 Å². The molecule has 2 aromatic rings. The highest BCUT2D eigenvalue weighted by atomic mass is 79.9. The zero-order valence-corrected chi connectivity index (χ0v) is 17.6. The highest BCUT2D eigenvalue weighted by Crippen LogP contribution is 2.38. The van der Waals surface area contributed by atoms with E-state index in [9.17, 15) is 19.7 Å². The molecule has 1 fully saturated rings. The van der Waals surface area contributed by atoms with Crippen LogP contribution in [-0.4, -0.2) is 32.8 Å². The number of amides is 1. The molecule has 3 rings (SSSR count). The van der Waals surface area contributed by atoms with E-state index in [4.69, 9.17) is 22.1 Å². The number of anilines is 1. The first kappa shape index (κ1) is 21.0. The number of rotatable bonds is 6. The maximum atomic E-state index is 12.9. The lowest BCUT2D eigenvalue weighted by Gasteiger charge is -2.14. The molecule has 1 aliphatic rings. The second-order valence-electron chi connectivity index (χ2n) is 5.66. The number of nitro groups is 1. The fourth-order valence-corrected chi connectivity index (χ4v) is 4.13. The molecule has 2 aromatic carbocycles. The number of carbonyl (C=O) groups excluding carboxylic acids is 1. The van der Waals surface area contributed by atoms with E-state index in [2.05, 4.69) is 15.9 Å². The van der Waals surface area contributed by atoms with E-state index < -0.39 is 23.4 Å². The molecule has 0 radical (unpaired) electrons. The number of benzene rings is 2. The predicted octanol–water partition coefficient (Wildman–Crippen LogP) is 4.23. The number of hydrogen-bond acceptors (Lipinski definition) is 7. The van der Waals surface area contributed by atoms with Crippen molar-refractivity contribution < 1.29 is 24.4 Å². The van der Waals surface area contributed by atoms with Gasteiger partial charge in [0.1, 0.15) is 5.75 Å². The van der Waals surface area contributed by atoms with Gasteiger partial charge in [0.2, 0.25) is 0 Å². The Labute approximate surface area is 182 Å². The standard InChI is InChI=1S/C18H11BrN2O6S2/c19-11-1-6-14(27-9-16(22)23)10(7-11)8-15-17(24)20(18(28)29-15)12-2-4-13(5-3-12)21(25)26/h1-8H,9H2,(H,22,23)/b15-8-. The molecule has 8 nitrogen and oxygen atoms in total. The van der Waals surface area contributed by atoms with Crippen molar-refractivity contribution in [2.45, 2.75) is 0 Å². The average Bonchev–Trinajstić information content (AvgIpc) is 2.94. The summed E-state index contributed by atoms with van der Waals surface area (Å²) in [6.07, 6.45) is 1.56. The van der Waals surface area contributed by atoms with Gasteiger partial charge in [-0.25, -0.2) is 4.79 Å². The zero-order valence-electron chi connectivity index (χ0n) is 14.4. The maximum absolute atomic E-state index is 12.9. The zero-order chi connectivity index (χ0) is 21.1. The summed E-state index contributed by atoms with van der Waals surface area (Å²) in [5.74, 6) is -1.21. The molecule has 0 aliphatic carbocycles. The number of aliphatic carboxylic acids is 1. The Bertz CT molecular complexity index is 1050. The van der Waals surface area contributed by atoms with Crippen molar-refractivity contribution in [2.75, 3.05) is 11.5 Å². The molecule has 29 heavy (non-hydrogen) atoms. The highest BCUT2D eigenvalue weighted by Gasteiger charge is 2.33. The number of halogens is 1. The van der Waals surface area contributed by atoms with Crippen LogP contribution < -0.4 is 9.64 Å². The van der Waals surface area contributed by atoms with Gasteiger partial charge < -0.3 is 9.84 Å². The van der Waals surface area contributed by atoms with Crippen LogP contribution in [0.2, 0.25) is 0 Å². The Morgan fingerprint density at radius 2 is 2.00 bits per heavy atom. The molecule has 148 valence electrons. The molecule has 11 heteroatoms. The van der Waals surface area contributed by atoms with Crippen LogP contribution in [0.3, 0.4) is 0 Å². The third kappa shape index (κ3) is 4.81. The third-order valence-electron chi connectivity index (χ3n) is 3.72. The lowest BCUT2D eigenvalue weighted by molar-refractivity contribution is -0.384. The Morgan fingerprint density at radius 3 is 2.62 bits per heavy atom. The minimum Gasteiger partial charge on any atom is -0.481 e. The van der Waals surface area contributed by atoms with Crippen LogP contribution in [0.15, 0.2) is 51.8 Å². The van der Waals surface area contributed by atoms with Crippen LogP contribution in [0.25, 0.3) is 6.08 Å². The van der Waals surface area contributed by atoms with Gasteiger partial charge in [-0.3, -0.25) is 19.8 Å². The van der Waals surface area contributed by atoms with E-state index in [-0.39, 0.29) is 10.0 Å². The number of nitrogens with zero attached hydrogens (tertiary/aromatic N) is 2. The largest absolute Gasteiger partial charge is 0.481 e. The topological polar surface area (TPSA) is 110 Å². The van der Waals surface area contributed by atoms with Crippen molar-refractivity contribution in [2.24, 2.45) is 0 Å². The van der Waals surface area contributed by atoms with Crippen molar-refractivity contribution in [1.29, 1.82) is 0 Å². The SMILES string of the molecule is O=C(O)COc1ccc(Br)cc1/C=C1\SC(=S)N(c2ccc([N+](=O)[O-])cc2)C1=O. The second-order valence-corrected chi connectivity index (χ2v) is 8.25. The number of ether oxygens (including phenoxy) is 1. The molecule has 1 amide bonds. The highest BCUT2D eigenvalue weighted by molar-refractivity contribution is 9.10. The number of thiocarbonyl (C=S) groups is 1. The number of carboxylic acid groups (broad SMARTS) is 1. The Balaban J connectivity index is 1.91. The van der Waals surface area contributed by atoms with Gasteiger partial charge in [0.25, 0.3) is 11.6 Å². The van der Waals surface area contributed by atoms with Crippen LogP contribution >= 0.6 is 39.9 Å². The van der Waals surface area contributed by atoms with E-state index in [1.54, 1.807) is 24.3 Å². The molecular weight excluding hydrogens is 484 g/mol. The number of non-ortho nitro benzene ring substituents is 1. The lowest BCUT2D eigenvalue weighted by Crippen LogP contribution is -2.27. The van der Waals surface area contributed by atoms with E-state index in [0.717, 1.165) is 16.2 Å². The minimum atomic E-state index is -1.12. The molecule has 1 heterocycles. The Kier molecular flexibility index (Phi) is 6.30. The normalized spacial score (nSPS) is 15.1. The second kappa shape index (κ2) is 8.72. The molecule has 0 saturated carbocycles.